The molecule has 3 aromatic carbocycles. The summed E-state index contributed by atoms with van der Waals surface area (Å²) in [7, 11) is 4.32. The maximum absolute atomic E-state index is 13.4. The monoisotopic (exact) mass is 564 g/mol. The standard InChI is InChI=1S/C31H32O10/c1-15-16(2)27(41-31(34)18-10-8-7-9-11-18)20-13-22-29(39-14-38-22)30(37-6)24(20)23-19(26(15)40-17(3)32)12-21(35-4)28(36-5)25(23)33/h7-13,15-16,26-27,33H,14H2,1-6H3/t15-,16+,26-,27-/m0/s1. The van der Waals surface area contributed by atoms with Gasteiger partial charge < -0.3 is 38.3 Å². The second kappa shape index (κ2) is 11.1. The number of carbonyl (C=O) groups is 2. The molecule has 3 aromatic rings. The zero-order valence-electron chi connectivity index (χ0n) is 23.7. The summed E-state index contributed by atoms with van der Waals surface area (Å²) in [4.78, 5) is 25.9. The highest BCUT2D eigenvalue weighted by molar-refractivity contribution is 5.91. The normalized spacial score (nSPS) is 20.5. The van der Waals surface area contributed by atoms with Gasteiger partial charge in [0, 0.05) is 41.0 Å². The maximum atomic E-state index is 13.4. The van der Waals surface area contributed by atoms with Gasteiger partial charge >= 0.3 is 11.9 Å². The first-order valence-corrected chi connectivity index (χ1v) is 13.1. The van der Waals surface area contributed by atoms with Crippen LogP contribution in [0.5, 0.6) is 34.5 Å². The fourth-order valence-electron chi connectivity index (χ4n) is 5.59. The molecule has 216 valence electrons. The quantitative estimate of drug-likeness (QED) is 0.379. The fourth-order valence-corrected chi connectivity index (χ4v) is 5.59. The first kappa shape index (κ1) is 27.9. The van der Waals surface area contributed by atoms with Gasteiger partial charge in [0.1, 0.15) is 12.2 Å². The topological polar surface area (TPSA) is 119 Å². The molecule has 5 rings (SSSR count). The first-order valence-electron chi connectivity index (χ1n) is 13.1. The van der Waals surface area contributed by atoms with E-state index in [4.69, 9.17) is 33.2 Å². The van der Waals surface area contributed by atoms with E-state index in [1.54, 1.807) is 36.4 Å². The number of ether oxygens (including phenoxy) is 7. The van der Waals surface area contributed by atoms with E-state index in [0.29, 0.717) is 33.8 Å². The Morgan fingerprint density at radius 3 is 2.07 bits per heavy atom. The number of hydrogen-bond acceptors (Lipinski definition) is 10. The molecule has 0 fully saturated rings. The van der Waals surface area contributed by atoms with E-state index in [1.807, 2.05) is 19.9 Å². The lowest BCUT2D eigenvalue weighted by Crippen LogP contribution is -2.31. The summed E-state index contributed by atoms with van der Waals surface area (Å²) in [6.45, 7) is 5.08. The number of phenols is 1. The Hall–Kier alpha value is -4.60. The molecule has 10 heteroatoms. The summed E-state index contributed by atoms with van der Waals surface area (Å²) in [6.07, 6.45) is -1.75. The van der Waals surface area contributed by atoms with Gasteiger partial charge in [0.25, 0.3) is 0 Å². The van der Waals surface area contributed by atoms with Crippen molar-refractivity contribution in [3.8, 4) is 45.6 Å². The fraction of sp³-hybridized carbons (Fsp3) is 0.355. The third kappa shape index (κ3) is 4.73. The van der Waals surface area contributed by atoms with Crippen LogP contribution >= 0.6 is 0 Å². The van der Waals surface area contributed by atoms with E-state index < -0.39 is 36.0 Å². The van der Waals surface area contributed by atoms with Crippen molar-refractivity contribution < 1.29 is 47.9 Å². The average Bonchev–Trinajstić information content (AvgIpc) is 3.45. The molecular weight excluding hydrogens is 532 g/mol. The zero-order valence-corrected chi connectivity index (χ0v) is 23.7. The van der Waals surface area contributed by atoms with Crippen molar-refractivity contribution in [1.82, 2.24) is 0 Å². The van der Waals surface area contributed by atoms with Gasteiger partial charge in [-0.05, 0) is 24.3 Å². The predicted octanol–water partition coefficient (Wildman–Crippen LogP) is 5.60. The summed E-state index contributed by atoms with van der Waals surface area (Å²) in [5.74, 6) is -0.858. The number of phenolic OH excluding ortho intramolecular Hbond substituents is 1. The number of hydrogen-bond donors (Lipinski definition) is 1. The van der Waals surface area contributed by atoms with Crippen LogP contribution in [0.4, 0.5) is 0 Å². The van der Waals surface area contributed by atoms with Gasteiger partial charge in [-0.2, -0.15) is 0 Å². The summed E-state index contributed by atoms with van der Waals surface area (Å²) in [5, 5.41) is 11.7. The summed E-state index contributed by atoms with van der Waals surface area (Å²) >= 11 is 0. The number of methoxy groups -OCH3 is 3. The van der Waals surface area contributed by atoms with Crippen LogP contribution in [0.3, 0.4) is 0 Å². The summed E-state index contributed by atoms with van der Waals surface area (Å²) in [5.41, 5.74) is 1.99. The van der Waals surface area contributed by atoms with Crippen LogP contribution in [0, 0.1) is 11.8 Å². The molecule has 0 amide bonds. The largest absolute Gasteiger partial charge is 0.504 e. The van der Waals surface area contributed by atoms with Crippen molar-refractivity contribution in [1.29, 1.82) is 0 Å². The summed E-state index contributed by atoms with van der Waals surface area (Å²) in [6, 6.07) is 12.1. The van der Waals surface area contributed by atoms with Crippen LogP contribution in [0.25, 0.3) is 11.1 Å². The van der Waals surface area contributed by atoms with Gasteiger partial charge in [0.15, 0.2) is 23.0 Å². The van der Waals surface area contributed by atoms with E-state index in [9.17, 15) is 14.7 Å². The minimum absolute atomic E-state index is 0.0458. The van der Waals surface area contributed by atoms with E-state index in [1.165, 1.54) is 28.3 Å². The van der Waals surface area contributed by atoms with Crippen LogP contribution in [-0.4, -0.2) is 45.2 Å². The van der Waals surface area contributed by atoms with Crippen molar-refractivity contribution in [2.75, 3.05) is 28.1 Å². The number of esters is 2. The van der Waals surface area contributed by atoms with E-state index in [2.05, 4.69) is 0 Å². The molecular formula is C31H32O10. The Bertz CT molecular complexity index is 1480. The molecule has 0 saturated carbocycles. The Morgan fingerprint density at radius 2 is 1.46 bits per heavy atom. The lowest BCUT2D eigenvalue weighted by molar-refractivity contribution is -0.151. The van der Waals surface area contributed by atoms with Gasteiger partial charge in [-0.1, -0.05) is 32.0 Å². The molecule has 0 unspecified atom stereocenters. The average molecular weight is 565 g/mol. The van der Waals surface area contributed by atoms with Crippen LogP contribution in [0.1, 0.15) is 54.5 Å². The molecule has 0 bridgehead atoms. The number of carbonyl (C=O) groups excluding carboxylic acids is 2. The van der Waals surface area contributed by atoms with E-state index >= 15 is 0 Å². The molecule has 0 spiro atoms. The molecule has 0 saturated heterocycles. The number of benzene rings is 3. The second-order valence-electron chi connectivity index (χ2n) is 9.97. The molecule has 1 aliphatic heterocycles. The van der Waals surface area contributed by atoms with Crippen molar-refractivity contribution in [3.63, 3.8) is 0 Å². The molecule has 41 heavy (non-hydrogen) atoms. The maximum Gasteiger partial charge on any atom is 0.338 e. The minimum Gasteiger partial charge on any atom is -0.504 e. The van der Waals surface area contributed by atoms with Crippen molar-refractivity contribution in [2.24, 2.45) is 11.8 Å². The molecule has 2 aliphatic rings. The van der Waals surface area contributed by atoms with Gasteiger partial charge in [-0.15, -0.1) is 0 Å². The molecule has 0 radical (unpaired) electrons. The molecule has 0 aromatic heterocycles. The zero-order chi connectivity index (χ0) is 29.4. The molecule has 1 aliphatic carbocycles. The van der Waals surface area contributed by atoms with Gasteiger partial charge in [-0.3, -0.25) is 4.79 Å². The minimum atomic E-state index is -0.880. The Labute approximate surface area is 237 Å². The highest BCUT2D eigenvalue weighted by Gasteiger charge is 2.44. The highest BCUT2D eigenvalue weighted by atomic mass is 16.7. The summed E-state index contributed by atoms with van der Waals surface area (Å²) < 4.78 is 40.6. The predicted molar refractivity (Wildman–Crippen MR) is 147 cm³/mol. The number of aromatic hydroxyl groups is 1. The third-order valence-corrected chi connectivity index (χ3v) is 7.71. The first-order chi connectivity index (χ1) is 19.7. The van der Waals surface area contributed by atoms with Gasteiger partial charge in [0.05, 0.1) is 26.9 Å². The van der Waals surface area contributed by atoms with Gasteiger partial charge in [0.2, 0.25) is 18.3 Å². The van der Waals surface area contributed by atoms with Crippen molar-refractivity contribution >= 4 is 11.9 Å². The third-order valence-electron chi connectivity index (χ3n) is 7.71. The number of rotatable bonds is 6. The SMILES string of the molecule is COc1cc2c(c(O)c1OC)-c1c(cc3c(c1OC)OCO3)[C@@H](OC(=O)c1ccccc1)[C@H](C)[C@H](C)[C@@H]2OC(C)=O. The molecule has 1 N–H and O–H groups in total. The second-order valence-corrected chi connectivity index (χ2v) is 9.97. The molecule has 1 heterocycles. The number of fused-ring (bicyclic) bond motifs is 4. The highest BCUT2D eigenvalue weighted by Crippen LogP contribution is 2.60. The Kier molecular flexibility index (Phi) is 7.57. The van der Waals surface area contributed by atoms with E-state index in [0.717, 1.165) is 0 Å². The smallest absolute Gasteiger partial charge is 0.338 e. The van der Waals surface area contributed by atoms with Gasteiger partial charge in [-0.25, -0.2) is 4.79 Å². The van der Waals surface area contributed by atoms with Crippen LogP contribution in [0.15, 0.2) is 42.5 Å². The Balaban J connectivity index is 1.87. The van der Waals surface area contributed by atoms with Crippen LogP contribution < -0.4 is 23.7 Å². The lowest BCUT2D eigenvalue weighted by Gasteiger charge is -2.38. The van der Waals surface area contributed by atoms with Crippen LogP contribution in [0.2, 0.25) is 0 Å². The van der Waals surface area contributed by atoms with Crippen LogP contribution in [-0.2, 0) is 14.3 Å². The lowest BCUT2D eigenvalue weighted by atomic mass is 9.74. The van der Waals surface area contributed by atoms with E-state index in [-0.39, 0.29) is 35.4 Å². The molecule has 10 nitrogen and oxygen atoms in total. The van der Waals surface area contributed by atoms with Crippen molar-refractivity contribution in [3.05, 3.63) is 59.2 Å². The van der Waals surface area contributed by atoms with Crippen molar-refractivity contribution in [2.45, 2.75) is 33.0 Å². The molecule has 4 atom stereocenters. The Morgan fingerprint density at radius 1 is 0.829 bits per heavy atom.